The Kier molecular flexibility index (Phi) is 3.79. The molecule has 4 rings (SSSR count). The number of alkyl halides is 3. The first-order valence-electron chi connectivity index (χ1n) is 6.61. The maximum absolute atomic E-state index is 12.6. The molecule has 0 amide bonds. The first kappa shape index (κ1) is 16.2. The highest BCUT2D eigenvalue weighted by atomic mass is 35.5. The van der Waals surface area contributed by atoms with E-state index in [-0.39, 0.29) is 42.1 Å². The molecule has 0 saturated heterocycles. The normalized spacial score (nSPS) is 25.4. The average molecular weight is 364 g/mol. The van der Waals surface area contributed by atoms with Gasteiger partial charge in [0.2, 0.25) is 0 Å². The molecular formula is C15H13ClF3NS2. The van der Waals surface area contributed by atoms with Crippen LogP contribution in [0.4, 0.5) is 13.2 Å². The maximum Gasteiger partial charge on any atom is 1.00 e. The summed E-state index contributed by atoms with van der Waals surface area (Å²) in [6.07, 6.45) is 0.918. The van der Waals surface area contributed by atoms with E-state index in [1.54, 1.807) is 23.5 Å². The van der Waals surface area contributed by atoms with Crippen LogP contribution in [0.5, 0.6) is 0 Å². The first-order valence-corrected chi connectivity index (χ1v) is 8.31. The topological polar surface area (TPSA) is 12.0 Å². The second kappa shape index (κ2) is 5.16. The lowest BCUT2D eigenvalue weighted by molar-refractivity contribution is -0.0328. The van der Waals surface area contributed by atoms with Crippen molar-refractivity contribution in [2.24, 2.45) is 0 Å². The molecule has 0 aliphatic carbocycles. The van der Waals surface area contributed by atoms with E-state index >= 15 is 0 Å². The minimum absolute atomic E-state index is 0. The highest BCUT2D eigenvalue weighted by Gasteiger charge is 2.46. The van der Waals surface area contributed by atoms with Crippen LogP contribution in [0.2, 0.25) is 0 Å². The fraction of sp³-hybridized carbons (Fsp3) is 0.333. The number of fused-ring (bicyclic) bond motifs is 7. The van der Waals surface area contributed by atoms with Crippen LogP contribution in [0, 0.1) is 0 Å². The van der Waals surface area contributed by atoms with Gasteiger partial charge >= 0.3 is 6.93 Å². The summed E-state index contributed by atoms with van der Waals surface area (Å²) in [6, 6.07) is 7.43. The zero-order chi connectivity index (χ0) is 14.8. The third-order valence-corrected chi connectivity index (χ3v) is 5.97. The van der Waals surface area contributed by atoms with Gasteiger partial charge < -0.3 is 12.4 Å². The van der Waals surface area contributed by atoms with Gasteiger partial charge in [0.25, 0.3) is 0 Å². The molecule has 0 radical (unpaired) electrons. The van der Waals surface area contributed by atoms with E-state index in [1.165, 1.54) is 10.4 Å². The van der Waals surface area contributed by atoms with Crippen LogP contribution in [0.25, 0.3) is 0 Å². The SMILES string of the molecule is CC12NC(Cc3sccc31)c1ccc(SC(F)(F)F)cc12.[Cl-].[H+]. The Bertz CT molecular complexity index is 734. The molecule has 2 bridgehead atoms. The lowest BCUT2D eigenvalue weighted by Crippen LogP contribution is -3.00. The van der Waals surface area contributed by atoms with Crippen molar-refractivity contribution in [1.82, 2.24) is 5.32 Å². The molecule has 2 aliphatic heterocycles. The lowest BCUT2D eigenvalue weighted by Gasteiger charge is -2.32. The van der Waals surface area contributed by atoms with Gasteiger partial charge in [0.15, 0.2) is 0 Å². The van der Waals surface area contributed by atoms with Crippen molar-refractivity contribution in [2.45, 2.75) is 35.3 Å². The minimum Gasteiger partial charge on any atom is -1.00 e. The molecule has 2 unspecified atom stereocenters. The van der Waals surface area contributed by atoms with E-state index in [4.69, 9.17) is 0 Å². The van der Waals surface area contributed by atoms with Crippen molar-refractivity contribution < 1.29 is 27.0 Å². The fourth-order valence-electron chi connectivity index (χ4n) is 3.49. The number of nitrogens with one attached hydrogen (secondary N) is 1. The number of hydrogen-bond acceptors (Lipinski definition) is 3. The van der Waals surface area contributed by atoms with E-state index in [9.17, 15) is 13.2 Å². The summed E-state index contributed by atoms with van der Waals surface area (Å²) in [5.74, 6) is 0. The predicted molar refractivity (Wildman–Crippen MR) is 79.8 cm³/mol. The molecule has 0 fully saturated rings. The Balaban J connectivity index is 0.000000960. The zero-order valence-corrected chi connectivity index (χ0v) is 13.9. The highest BCUT2D eigenvalue weighted by Crippen LogP contribution is 2.51. The number of thiophene rings is 1. The Labute approximate surface area is 142 Å². The average Bonchev–Trinajstić information content (AvgIpc) is 2.93. The van der Waals surface area contributed by atoms with Gasteiger partial charge in [0.1, 0.15) is 0 Å². The van der Waals surface area contributed by atoms with E-state index in [0.717, 1.165) is 17.5 Å². The van der Waals surface area contributed by atoms with Crippen LogP contribution in [-0.4, -0.2) is 5.51 Å². The van der Waals surface area contributed by atoms with Gasteiger partial charge in [-0.3, -0.25) is 5.32 Å². The lowest BCUT2D eigenvalue weighted by atomic mass is 9.86. The van der Waals surface area contributed by atoms with Crippen LogP contribution in [0.3, 0.4) is 0 Å². The molecular weight excluding hydrogens is 351 g/mol. The highest BCUT2D eigenvalue weighted by molar-refractivity contribution is 8.00. The van der Waals surface area contributed by atoms with Crippen molar-refractivity contribution in [3.63, 3.8) is 0 Å². The monoisotopic (exact) mass is 363 g/mol. The number of benzene rings is 1. The smallest absolute Gasteiger partial charge is 1.00 e. The molecule has 2 aliphatic rings. The van der Waals surface area contributed by atoms with Crippen LogP contribution >= 0.6 is 23.1 Å². The van der Waals surface area contributed by atoms with Crippen LogP contribution in [0.15, 0.2) is 34.5 Å². The molecule has 2 atom stereocenters. The van der Waals surface area contributed by atoms with E-state index in [2.05, 4.69) is 23.7 Å². The molecule has 2 aromatic rings. The van der Waals surface area contributed by atoms with E-state index in [0.29, 0.717) is 0 Å². The quantitative estimate of drug-likeness (QED) is 0.777. The van der Waals surface area contributed by atoms with Crippen LogP contribution in [-0.2, 0) is 12.0 Å². The molecule has 0 spiro atoms. The van der Waals surface area contributed by atoms with Gasteiger partial charge in [0.05, 0.1) is 5.54 Å². The number of rotatable bonds is 1. The Morgan fingerprint density at radius 3 is 2.82 bits per heavy atom. The number of thioether (sulfide) groups is 1. The van der Waals surface area contributed by atoms with Crippen molar-refractivity contribution in [1.29, 1.82) is 0 Å². The van der Waals surface area contributed by atoms with Crippen molar-refractivity contribution in [2.75, 3.05) is 0 Å². The molecule has 1 nitrogen and oxygen atoms in total. The largest absolute Gasteiger partial charge is 1.00 e. The number of halogens is 4. The Morgan fingerprint density at radius 1 is 1.32 bits per heavy atom. The molecule has 1 aromatic heterocycles. The second-order valence-electron chi connectivity index (χ2n) is 5.58. The summed E-state index contributed by atoms with van der Waals surface area (Å²) in [6.45, 7) is 2.07. The maximum atomic E-state index is 12.6. The Morgan fingerprint density at radius 2 is 2.09 bits per heavy atom. The third kappa shape index (κ3) is 2.37. The van der Waals surface area contributed by atoms with Crippen LogP contribution < -0.4 is 17.7 Å². The van der Waals surface area contributed by atoms with Crippen molar-refractivity contribution in [3.8, 4) is 0 Å². The van der Waals surface area contributed by atoms with Gasteiger partial charge in [-0.1, -0.05) is 6.07 Å². The number of hydrogen-bond donors (Lipinski definition) is 1. The van der Waals surface area contributed by atoms with Crippen molar-refractivity contribution in [3.05, 3.63) is 51.2 Å². The first-order chi connectivity index (χ1) is 9.87. The summed E-state index contributed by atoms with van der Waals surface area (Å²) >= 11 is 1.69. The molecule has 118 valence electrons. The standard InChI is InChI=1S/C15H12F3NS2.ClH/c1-14-10-4-5-20-13(10)7-12(19-14)9-3-2-8(6-11(9)14)21-15(16,17)18;/h2-6,12,19H,7H2,1H3;1H. The summed E-state index contributed by atoms with van der Waals surface area (Å²) in [4.78, 5) is 1.59. The molecule has 7 heteroatoms. The Hall–Kier alpha value is -0.690. The van der Waals surface area contributed by atoms with Crippen LogP contribution in [0.1, 0.15) is 36.0 Å². The minimum atomic E-state index is -4.25. The van der Waals surface area contributed by atoms with E-state index < -0.39 is 5.51 Å². The summed E-state index contributed by atoms with van der Waals surface area (Å²) < 4.78 is 37.8. The van der Waals surface area contributed by atoms with Crippen molar-refractivity contribution >= 4 is 23.1 Å². The van der Waals surface area contributed by atoms with Gasteiger partial charge in [-0.25, -0.2) is 0 Å². The van der Waals surface area contributed by atoms with Gasteiger partial charge in [-0.15, -0.1) is 11.3 Å². The molecule has 22 heavy (non-hydrogen) atoms. The summed E-state index contributed by atoms with van der Waals surface area (Å²) in [5, 5.41) is 5.64. The molecule has 1 aromatic carbocycles. The molecule has 1 N–H and O–H groups in total. The zero-order valence-electron chi connectivity index (χ0n) is 12.5. The third-order valence-electron chi connectivity index (χ3n) is 4.31. The predicted octanol–water partition coefficient (Wildman–Crippen LogP) is 1.94. The van der Waals surface area contributed by atoms with E-state index in [1.807, 2.05) is 6.07 Å². The second-order valence-corrected chi connectivity index (χ2v) is 7.72. The molecule has 0 saturated carbocycles. The summed E-state index contributed by atoms with van der Waals surface area (Å²) in [5.41, 5.74) is -1.29. The van der Waals surface area contributed by atoms with Gasteiger partial charge in [-0.05, 0) is 59.0 Å². The summed E-state index contributed by atoms with van der Waals surface area (Å²) in [7, 11) is 0. The van der Waals surface area contributed by atoms with Gasteiger partial charge in [-0.2, -0.15) is 13.2 Å². The fourth-order valence-corrected chi connectivity index (χ4v) is 5.10. The van der Waals surface area contributed by atoms with Gasteiger partial charge in [0, 0.05) is 22.2 Å². The molecule has 3 heterocycles.